The van der Waals surface area contributed by atoms with Gasteiger partial charge in [0, 0.05) is 5.02 Å². The standard InChI is InChI=1S/C21H27ClN2O4S/c1-6-16-7-9-17(10-8-16)14(2)23-21(25)15(3)24(29(5,26)27)19-13-18(22)11-12-20(19)28-4/h7-15H,6H2,1-5H3,(H,23,25)/t14-,15+/m1/s1. The van der Waals surface area contributed by atoms with E-state index in [1.165, 1.54) is 25.7 Å². The summed E-state index contributed by atoms with van der Waals surface area (Å²) in [6.07, 6.45) is 1.98. The molecule has 0 unspecified atom stereocenters. The van der Waals surface area contributed by atoms with Gasteiger partial charge in [-0.1, -0.05) is 42.8 Å². The van der Waals surface area contributed by atoms with Crippen LogP contribution in [0.2, 0.25) is 5.02 Å². The van der Waals surface area contributed by atoms with Crippen LogP contribution in [0.25, 0.3) is 0 Å². The number of halogens is 1. The van der Waals surface area contributed by atoms with Crippen molar-refractivity contribution in [1.29, 1.82) is 0 Å². The third kappa shape index (κ3) is 5.64. The number of ether oxygens (including phenoxy) is 1. The molecule has 0 radical (unpaired) electrons. The van der Waals surface area contributed by atoms with Crippen LogP contribution in [-0.4, -0.2) is 33.7 Å². The zero-order chi connectivity index (χ0) is 21.8. The lowest BCUT2D eigenvalue weighted by Crippen LogP contribution is -2.48. The van der Waals surface area contributed by atoms with E-state index in [1.54, 1.807) is 12.1 Å². The van der Waals surface area contributed by atoms with E-state index in [2.05, 4.69) is 12.2 Å². The molecule has 158 valence electrons. The summed E-state index contributed by atoms with van der Waals surface area (Å²) in [6, 6.07) is 11.3. The zero-order valence-electron chi connectivity index (χ0n) is 17.3. The Bertz CT molecular complexity index is 961. The minimum absolute atomic E-state index is 0.213. The highest BCUT2D eigenvalue weighted by atomic mass is 35.5. The average Bonchev–Trinajstić information content (AvgIpc) is 2.67. The van der Waals surface area contributed by atoms with E-state index in [4.69, 9.17) is 16.3 Å². The lowest BCUT2D eigenvalue weighted by molar-refractivity contribution is -0.122. The number of anilines is 1. The van der Waals surface area contributed by atoms with E-state index in [0.29, 0.717) is 10.8 Å². The highest BCUT2D eigenvalue weighted by Gasteiger charge is 2.32. The largest absolute Gasteiger partial charge is 0.495 e. The molecular weight excluding hydrogens is 412 g/mol. The van der Waals surface area contributed by atoms with Gasteiger partial charge in [-0.3, -0.25) is 9.10 Å². The number of aryl methyl sites for hydroxylation is 1. The molecule has 0 fully saturated rings. The molecule has 2 aromatic carbocycles. The second-order valence-corrected chi connectivity index (χ2v) is 9.17. The van der Waals surface area contributed by atoms with Crippen molar-refractivity contribution in [3.63, 3.8) is 0 Å². The quantitative estimate of drug-likeness (QED) is 0.677. The maximum atomic E-state index is 12.9. The van der Waals surface area contributed by atoms with Crippen LogP contribution in [0.1, 0.15) is 37.9 Å². The van der Waals surface area contributed by atoms with Crippen LogP contribution in [0.5, 0.6) is 5.75 Å². The van der Waals surface area contributed by atoms with Gasteiger partial charge < -0.3 is 10.1 Å². The summed E-state index contributed by atoms with van der Waals surface area (Å²) in [5.41, 5.74) is 2.36. The van der Waals surface area contributed by atoms with Crippen molar-refractivity contribution in [2.45, 2.75) is 39.3 Å². The monoisotopic (exact) mass is 438 g/mol. The number of carbonyl (C=O) groups excluding carboxylic acids is 1. The molecule has 2 atom stereocenters. The van der Waals surface area contributed by atoms with Crippen molar-refractivity contribution in [2.75, 3.05) is 17.7 Å². The van der Waals surface area contributed by atoms with Crippen molar-refractivity contribution in [3.05, 3.63) is 58.6 Å². The number of methoxy groups -OCH3 is 1. The minimum Gasteiger partial charge on any atom is -0.495 e. The maximum absolute atomic E-state index is 12.9. The second kappa shape index (κ2) is 9.50. The summed E-state index contributed by atoms with van der Waals surface area (Å²) < 4.78 is 31.4. The fraction of sp³-hybridized carbons (Fsp3) is 0.381. The van der Waals surface area contributed by atoms with Gasteiger partial charge in [-0.2, -0.15) is 0 Å². The topological polar surface area (TPSA) is 75.7 Å². The molecule has 0 aliphatic rings. The number of carbonyl (C=O) groups is 1. The molecule has 8 heteroatoms. The first-order chi connectivity index (χ1) is 13.6. The van der Waals surface area contributed by atoms with Gasteiger partial charge in [0.05, 0.1) is 25.1 Å². The molecule has 0 heterocycles. The van der Waals surface area contributed by atoms with Crippen molar-refractivity contribution >= 4 is 33.2 Å². The molecule has 2 aromatic rings. The first-order valence-electron chi connectivity index (χ1n) is 9.30. The van der Waals surface area contributed by atoms with Crippen LogP contribution in [-0.2, 0) is 21.2 Å². The lowest BCUT2D eigenvalue weighted by atomic mass is 10.0. The number of benzene rings is 2. The molecule has 0 aromatic heterocycles. The zero-order valence-corrected chi connectivity index (χ0v) is 18.8. The molecule has 0 spiro atoms. The third-order valence-corrected chi connectivity index (χ3v) is 6.18. The second-order valence-electron chi connectivity index (χ2n) is 6.88. The molecule has 0 bridgehead atoms. The Balaban J connectivity index is 2.30. The summed E-state index contributed by atoms with van der Waals surface area (Å²) in [5.74, 6) is -0.118. The summed E-state index contributed by atoms with van der Waals surface area (Å²) in [4.78, 5) is 12.9. The number of amides is 1. The summed E-state index contributed by atoms with van der Waals surface area (Å²) >= 11 is 6.06. The summed E-state index contributed by atoms with van der Waals surface area (Å²) in [7, 11) is -2.36. The highest BCUT2D eigenvalue weighted by molar-refractivity contribution is 7.92. The average molecular weight is 439 g/mol. The van der Waals surface area contributed by atoms with Crippen LogP contribution in [0.3, 0.4) is 0 Å². The van der Waals surface area contributed by atoms with Crippen LogP contribution in [0.15, 0.2) is 42.5 Å². The van der Waals surface area contributed by atoms with Gasteiger partial charge >= 0.3 is 0 Å². The first-order valence-corrected chi connectivity index (χ1v) is 11.5. The van der Waals surface area contributed by atoms with Crippen LogP contribution in [0, 0.1) is 0 Å². The van der Waals surface area contributed by atoms with Gasteiger partial charge in [0.25, 0.3) is 0 Å². The number of hydrogen-bond acceptors (Lipinski definition) is 4. The third-order valence-electron chi connectivity index (χ3n) is 4.71. The van der Waals surface area contributed by atoms with Crippen molar-refractivity contribution in [1.82, 2.24) is 5.32 Å². The van der Waals surface area contributed by atoms with Crippen LogP contribution in [0.4, 0.5) is 5.69 Å². The molecule has 0 saturated heterocycles. The molecule has 0 saturated carbocycles. The van der Waals surface area contributed by atoms with E-state index >= 15 is 0 Å². The Morgan fingerprint density at radius 1 is 1.17 bits per heavy atom. The first kappa shape index (κ1) is 23.0. The van der Waals surface area contributed by atoms with E-state index in [0.717, 1.165) is 22.5 Å². The van der Waals surface area contributed by atoms with E-state index in [1.807, 2.05) is 31.2 Å². The molecule has 1 amide bonds. The lowest BCUT2D eigenvalue weighted by Gasteiger charge is -2.30. The fourth-order valence-electron chi connectivity index (χ4n) is 3.08. The fourth-order valence-corrected chi connectivity index (χ4v) is 4.41. The summed E-state index contributed by atoms with van der Waals surface area (Å²) in [5, 5.41) is 3.23. The summed E-state index contributed by atoms with van der Waals surface area (Å²) in [6.45, 7) is 5.46. The number of nitrogens with zero attached hydrogens (tertiary/aromatic N) is 1. The van der Waals surface area contributed by atoms with Gasteiger partial charge in [-0.25, -0.2) is 8.42 Å². The van der Waals surface area contributed by atoms with Crippen molar-refractivity contribution in [2.24, 2.45) is 0 Å². The molecule has 29 heavy (non-hydrogen) atoms. The van der Waals surface area contributed by atoms with Crippen molar-refractivity contribution < 1.29 is 17.9 Å². The molecular formula is C21H27ClN2O4S. The van der Waals surface area contributed by atoms with Gasteiger partial charge in [-0.05, 0) is 49.6 Å². The van der Waals surface area contributed by atoms with Gasteiger partial charge in [-0.15, -0.1) is 0 Å². The predicted molar refractivity (Wildman–Crippen MR) is 117 cm³/mol. The molecule has 0 aliphatic heterocycles. The Hall–Kier alpha value is -2.25. The predicted octanol–water partition coefficient (Wildman–Crippen LogP) is 3.94. The number of rotatable bonds is 8. The van der Waals surface area contributed by atoms with E-state index < -0.39 is 22.0 Å². The van der Waals surface area contributed by atoms with E-state index in [9.17, 15) is 13.2 Å². The van der Waals surface area contributed by atoms with E-state index in [-0.39, 0.29) is 11.7 Å². The van der Waals surface area contributed by atoms with Crippen LogP contribution >= 0.6 is 11.6 Å². The van der Waals surface area contributed by atoms with Gasteiger partial charge in [0.15, 0.2) is 0 Å². The molecule has 6 nitrogen and oxygen atoms in total. The Labute approximate surface area is 177 Å². The van der Waals surface area contributed by atoms with Crippen molar-refractivity contribution in [3.8, 4) is 5.75 Å². The number of sulfonamides is 1. The molecule has 2 rings (SSSR count). The van der Waals surface area contributed by atoms with Crippen LogP contribution < -0.4 is 14.4 Å². The molecule has 0 aliphatic carbocycles. The smallest absolute Gasteiger partial charge is 0.244 e. The number of nitrogens with one attached hydrogen (secondary N) is 1. The van der Waals surface area contributed by atoms with Gasteiger partial charge in [0.1, 0.15) is 11.8 Å². The highest BCUT2D eigenvalue weighted by Crippen LogP contribution is 2.34. The maximum Gasteiger partial charge on any atom is 0.244 e. The normalized spacial score (nSPS) is 13.4. The molecule has 1 N–H and O–H groups in total. The number of hydrogen-bond donors (Lipinski definition) is 1. The minimum atomic E-state index is -3.79. The SMILES string of the molecule is CCc1ccc([C@@H](C)NC(=O)[C@H](C)N(c2cc(Cl)ccc2OC)S(C)(=O)=O)cc1. The Morgan fingerprint density at radius 2 is 1.79 bits per heavy atom. The Morgan fingerprint density at radius 3 is 2.31 bits per heavy atom. The Kier molecular flexibility index (Phi) is 7.54. The van der Waals surface area contributed by atoms with Gasteiger partial charge in [0.2, 0.25) is 15.9 Å².